The third-order valence-electron chi connectivity index (χ3n) is 6.44. The van der Waals surface area contributed by atoms with E-state index in [1.165, 1.54) is 16.7 Å². The molecular weight excluding hydrogens is 390 g/mol. The van der Waals surface area contributed by atoms with Crippen LogP contribution < -0.4 is 20.1 Å². The zero-order valence-corrected chi connectivity index (χ0v) is 18.7. The van der Waals surface area contributed by atoms with E-state index in [-0.39, 0.29) is 5.41 Å². The number of fused-ring (bicyclic) bond motifs is 1. The van der Waals surface area contributed by atoms with E-state index in [1.54, 1.807) is 0 Å². The summed E-state index contributed by atoms with van der Waals surface area (Å²) < 4.78 is 16.8. The van der Waals surface area contributed by atoms with E-state index in [2.05, 4.69) is 65.9 Å². The number of nitrogens with zero attached hydrogens (tertiary/aromatic N) is 1. The van der Waals surface area contributed by atoms with Gasteiger partial charge in [-0.15, -0.1) is 0 Å². The average Bonchev–Trinajstić information content (AvgIpc) is 3.27. The van der Waals surface area contributed by atoms with Crippen LogP contribution >= 0.6 is 0 Å². The molecule has 1 saturated heterocycles. The third kappa shape index (κ3) is 4.96. The summed E-state index contributed by atoms with van der Waals surface area (Å²) in [6.45, 7) is 7.79. The van der Waals surface area contributed by atoms with Crippen LogP contribution in [0, 0.1) is 6.92 Å². The van der Waals surface area contributed by atoms with Gasteiger partial charge in [0.2, 0.25) is 6.79 Å². The van der Waals surface area contributed by atoms with Crippen LogP contribution in [-0.4, -0.2) is 46.1 Å². The van der Waals surface area contributed by atoms with E-state index in [0.29, 0.717) is 12.7 Å². The van der Waals surface area contributed by atoms with Gasteiger partial charge in [-0.3, -0.25) is 4.99 Å². The highest BCUT2D eigenvalue weighted by Gasteiger charge is 2.36. The monoisotopic (exact) mass is 423 g/mol. The minimum Gasteiger partial charge on any atom is -0.454 e. The lowest BCUT2D eigenvalue weighted by Gasteiger charge is -2.38. The summed E-state index contributed by atoms with van der Waals surface area (Å²) >= 11 is 0. The maximum absolute atomic E-state index is 5.68. The first-order valence-electron chi connectivity index (χ1n) is 11.1. The lowest BCUT2D eigenvalue weighted by Crippen LogP contribution is -2.48. The summed E-state index contributed by atoms with van der Waals surface area (Å²) in [6, 6.07) is 15.0. The number of guanidine groups is 1. The number of ether oxygens (including phenoxy) is 3. The number of hydrogen-bond donors (Lipinski definition) is 2. The largest absolute Gasteiger partial charge is 0.454 e. The van der Waals surface area contributed by atoms with Gasteiger partial charge in [0, 0.05) is 38.8 Å². The first kappa shape index (κ1) is 21.5. The summed E-state index contributed by atoms with van der Waals surface area (Å²) in [6.07, 6.45) is 1.91. The number of nitrogens with one attached hydrogen (secondary N) is 2. The van der Waals surface area contributed by atoms with E-state index in [4.69, 9.17) is 14.2 Å². The van der Waals surface area contributed by atoms with Crippen LogP contribution in [0.15, 0.2) is 47.5 Å². The molecule has 0 aliphatic carbocycles. The van der Waals surface area contributed by atoms with Gasteiger partial charge in [0.25, 0.3) is 0 Å². The first-order valence-corrected chi connectivity index (χ1v) is 11.1. The highest BCUT2D eigenvalue weighted by molar-refractivity contribution is 5.79. The number of benzene rings is 2. The molecule has 1 atom stereocenters. The van der Waals surface area contributed by atoms with Crippen molar-refractivity contribution >= 4 is 5.96 Å². The standard InChI is InChI=1S/C25H33N3O3/c1-18-5-4-6-20(13-18)19(2)15-27-24(26-3)28-16-25(9-11-29-12-10-25)21-7-8-22-23(14-21)31-17-30-22/h4-8,13-14,19H,9-12,15-17H2,1-3H3,(H2,26,27,28). The molecule has 2 N–H and O–H groups in total. The Morgan fingerprint density at radius 2 is 1.87 bits per heavy atom. The van der Waals surface area contributed by atoms with Gasteiger partial charge >= 0.3 is 0 Å². The molecule has 1 unspecified atom stereocenters. The van der Waals surface area contributed by atoms with E-state index in [1.807, 2.05) is 13.1 Å². The third-order valence-corrected chi connectivity index (χ3v) is 6.44. The topological polar surface area (TPSA) is 64.1 Å². The Labute approximate surface area is 185 Å². The molecule has 31 heavy (non-hydrogen) atoms. The number of hydrogen-bond acceptors (Lipinski definition) is 4. The van der Waals surface area contributed by atoms with Crippen molar-refractivity contribution in [1.82, 2.24) is 10.6 Å². The Hall–Kier alpha value is -2.73. The number of aliphatic imine (C=N–C) groups is 1. The van der Waals surface area contributed by atoms with Crippen molar-refractivity contribution in [2.45, 2.75) is 38.0 Å². The van der Waals surface area contributed by atoms with Gasteiger partial charge in [-0.05, 0) is 48.9 Å². The molecule has 2 heterocycles. The van der Waals surface area contributed by atoms with Crippen LogP contribution in [-0.2, 0) is 10.2 Å². The Bertz CT molecular complexity index is 922. The molecule has 2 aliphatic heterocycles. The minimum absolute atomic E-state index is 0.0288. The van der Waals surface area contributed by atoms with Crippen LogP contribution in [0.1, 0.15) is 42.4 Å². The van der Waals surface area contributed by atoms with Crippen molar-refractivity contribution < 1.29 is 14.2 Å². The van der Waals surface area contributed by atoms with E-state index in [9.17, 15) is 0 Å². The molecule has 0 radical (unpaired) electrons. The van der Waals surface area contributed by atoms with Gasteiger partial charge in [0.05, 0.1) is 0 Å². The molecule has 2 aromatic rings. The number of aryl methyl sites for hydroxylation is 1. The van der Waals surface area contributed by atoms with Crippen molar-refractivity contribution in [3.8, 4) is 11.5 Å². The van der Waals surface area contributed by atoms with Crippen molar-refractivity contribution in [3.05, 3.63) is 59.2 Å². The molecule has 166 valence electrons. The maximum Gasteiger partial charge on any atom is 0.231 e. The van der Waals surface area contributed by atoms with Crippen LogP contribution in [0.5, 0.6) is 11.5 Å². The SMILES string of the molecule is CN=C(NCC(C)c1cccc(C)c1)NCC1(c2ccc3c(c2)OCO3)CCOCC1. The lowest BCUT2D eigenvalue weighted by molar-refractivity contribution is 0.0513. The molecule has 0 spiro atoms. The van der Waals surface area contributed by atoms with E-state index < -0.39 is 0 Å². The fourth-order valence-corrected chi connectivity index (χ4v) is 4.37. The minimum atomic E-state index is -0.0288. The van der Waals surface area contributed by atoms with Crippen molar-refractivity contribution in [2.24, 2.45) is 4.99 Å². The smallest absolute Gasteiger partial charge is 0.231 e. The zero-order valence-electron chi connectivity index (χ0n) is 18.7. The van der Waals surface area contributed by atoms with Crippen molar-refractivity contribution in [2.75, 3.05) is 40.1 Å². The summed E-state index contributed by atoms with van der Waals surface area (Å²) in [5.41, 5.74) is 3.86. The molecule has 0 bridgehead atoms. The second-order valence-corrected chi connectivity index (χ2v) is 8.58. The van der Waals surface area contributed by atoms with Crippen molar-refractivity contribution in [3.63, 3.8) is 0 Å². The molecule has 4 rings (SSSR count). The van der Waals surface area contributed by atoms with Gasteiger partial charge < -0.3 is 24.8 Å². The van der Waals surface area contributed by atoms with Crippen LogP contribution in [0.4, 0.5) is 0 Å². The first-order chi connectivity index (χ1) is 15.1. The van der Waals surface area contributed by atoms with Crippen LogP contribution in [0.3, 0.4) is 0 Å². The Balaban J connectivity index is 1.41. The summed E-state index contributed by atoms with van der Waals surface area (Å²) in [5.74, 6) is 2.87. The normalized spacial score (nSPS) is 18.5. The zero-order chi connectivity index (χ0) is 21.7. The summed E-state index contributed by atoms with van der Waals surface area (Å²) in [4.78, 5) is 4.46. The molecule has 0 saturated carbocycles. The molecule has 1 fully saturated rings. The Kier molecular flexibility index (Phi) is 6.66. The quantitative estimate of drug-likeness (QED) is 0.547. The molecule has 0 aromatic heterocycles. The molecular formula is C25H33N3O3. The molecule has 6 nitrogen and oxygen atoms in total. The van der Waals surface area contributed by atoms with Gasteiger partial charge in [-0.25, -0.2) is 0 Å². The van der Waals surface area contributed by atoms with Gasteiger partial charge in [0.1, 0.15) is 0 Å². The molecule has 2 aliphatic rings. The fraction of sp³-hybridized carbons (Fsp3) is 0.480. The van der Waals surface area contributed by atoms with Gasteiger partial charge in [-0.1, -0.05) is 42.8 Å². The van der Waals surface area contributed by atoms with Crippen LogP contribution in [0.25, 0.3) is 0 Å². The fourth-order valence-electron chi connectivity index (χ4n) is 4.37. The van der Waals surface area contributed by atoms with Gasteiger partial charge in [0.15, 0.2) is 17.5 Å². The second kappa shape index (κ2) is 9.60. The highest BCUT2D eigenvalue weighted by Crippen LogP contribution is 2.40. The van der Waals surface area contributed by atoms with E-state index >= 15 is 0 Å². The maximum atomic E-state index is 5.68. The highest BCUT2D eigenvalue weighted by atomic mass is 16.7. The Morgan fingerprint density at radius 1 is 1.06 bits per heavy atom. The van der Waals surface area contributed by atoms with Crippen LogP contribution in [0.2, 0.25) is 0 Å². The predicted octanol–water partition coefficient (Wildman–Crippen LogP) is 3.74. The van der Waals surface area contributed by atoms with Crippen molar-refractivity contribution in [1.29, 1.82) is 0 Å². The number of rotatable bonds is 6. The second-order valence-electron chi connectivity index (χ2n) is 8.58. The average molecular weight is 424 g/mol. The van der Waals surface area contributed by atoms with E-state index in [0.717, 1.165) is 56.6 Å². The summed E-state index contributed by atoms with van der Waals surface area (Å²) in [5, 5.41) is 7.08. The Morgan fingerprint density at radius 3 is 2.65 bits per heavy atom. The van der Waals surface area contributed by atoms with Gasteiger partial charge in [-0.2, -0.15) is 0 Å². The predicted molar refractivity (Wildman–Crippen MR) is 123 cm³/mol. The lowest BCUT2D eigenvalue weighted by atomic mass is 9.74. The molecule has 2 aromatic carbocycles. The summed E-state index contributed by atoms with van der Waals surface area (Å²) in [7, 11) is 1.82. The molecule has 6 heteroatoms. The molecule has 0 amide bonds.